The van der Waals surface area contributed by atoms with Gasteiger partial charge in [0, 0.05) is 22.7 Å². The van der Waals surface area contributed by atoms with Gasteiger partial charge in [-0.05, 0) is 80.1 Å². The van der Waals surface area contributed by atoms with Crippen LogP contribution in [0.5, 0.6) is 11.5 Å². The molecule has 2 N–H and O–H groups in total. The van der Waals surface area contributed by atoms with Crippen LogP contribution in [-0.4, -0.2) is 10.2 Å². The van der Waals surface area contributed by atoms with Crippen molar-refractivity contribution in [3.8, 4) is 11.5 Å². The second-order valence-electron chi connectivity index (χ2n) is 7.82. The van der Waals surface area contributed by atoms with Gasteiger partial charge in [-0.15, -0.1) is 0 Å². The van der Waals surface area contributed by atoms with Gasteiger partial charge in [0.15, 0.2) is 0 Å². The fourth-order valence-electron chi connectivity index (χ4n) is 3.78. The van der Waals surface area contributed by atoms with E-state index in [1.54, 1.807) is 24.1 Å². The van der Waals surface area contributed by atoms with Crippen molar-refractivity contribution in [2.45, 2.75) is 27.7 Å². The van der Waals surface area contributed by atoms with E-state index in [1.165, 1.54) is 33.9 Å². The Kier molecular flexibility index (Phi) is 5.35. The highest BCUT2D eigenvalue weighted by atomic mass is 32.2. The number of nitrogens with zero attached hydrogens (tertiary/aromatic N) is 1. The molecule has 0 aromatic heterocycles. The van der Waals surface area contributed by atoms with Crippen molar-refractivity contribution in [3.63, 3.8) is 0 Å². The number of hydrogen-bond donors (Lipinski definition) is 2. The Morgan fingerprint density at radius 1 is 0.733 bits per heavy atom. The minimum absolute atomic E-state index is 0.0422. The Bertz CT molecular complexity index is 1190. The molecule has 4 heteroatoms. The molecule has 1 heterocycles. The molecule has 4 rings (SSSR count). The largest absolute Gasteiger partial charge is 0.508 e. The van der Waals surface area contributed by atoms with Gasteiger partial charge in [0.05, 0.1) is 5.69 Å². The quantitative estimate of drug-likeness (QED) is 0.458. The number of phenols is 2. The molecule has 0 saturated carbocycles. The third kappa shape index (κ3) is 3.96. The summed E-state index contributed by atoms with van der Waals surface area (Å²) in [5.74, 6) is 0.0857. The van der Waals surface area contributed by atoms with Gasteiger partial charge in [-0.1, -0.05) is 47.5 Å². The maximum absolute atomic E-state index is 10.5. The fraction of sp³-hybridized carbons (Fsp3) is 0.154. The van der Waals surface area contributed by atoms with Crippen LogP contribution in [0, 0.1) is 27.7 Å². The molecule has 30 heavy (non-hydrogen) atoms. The smallest absolute Gasteiger partial charge is 0.143 e. The third-order valence-electron chi connectivity index (χ3n) is 5.28. The summed E-state index contributed by atoms with van der Waals surface area (Å²) in [5, 5.41) is 20.2. The van der Waals surface area contributed by atoms with Crippen molar-refractivity contribution in [2.75, 3.05) is 4.31 Å². The van der Waals surface area contributed by atoms with E-state index in [0.717, 1.165) is 16.0 Å². The van der Waals surface area contributed by atoms with Crippen molar-refractivity contribution in [1.82, 2.24) is 0 Å². The van der Waals surface area contributed by atoms with Crippen LogP contribution in [0.15, 0.2) is 66.9 Å². The van der Waals surface area contributed by atoms with Crippen LogP contribution in [-0.2, 0) is 0 Å². The summed E-state index contributed by atoms with van der Waals surface area (Å²) in [6, 6.07) is 17.6. The van der Waals surface area contributed by atoms with Gasteiger partial charge in [0.2, 0.25) is 0 Å². The fourth-order valence-corrected chi connectivity index (χ4v) is 4.92. The van der Waals surface area contributed by atoms with Crippen molar-refractivity contribution < 1.29 is 10.2 Å². The zero-order valence-electron chi connectivity index (χ0n) is 17.6. The second-order valence-corrected chi connectivity index (χ2v) is 8.84. The summed E-state index contributed by atoms with van der Waals surface area (Å²) in [6.07, 6.45) is 4.26. The molecule has 1 aliphatic heterocycles. The second kappa shape index (κ2) is 7.96. The lowest BCUT2D eigenvalue weighted by molar-refractivity contribution is 0.451. The molecule has 0 aliphatic carbocycles. The van der Waals surface area contributed by atoms with Crippen molar-refractivity contribution in [1.29, 1.82) is 0 Å². The zero-order valence-corrected chi connectivity index (χ0v) is 18.4. The lowest BCUT2D eigenvalue weighted by Crippen LogP contribution is -2.11. The molecule has 1 aliphatic rings. The number of aromatic hydroxyl groups is 2. The molecule has 0 amide bonds. The first-order valence-electron chi connectivity index (χ1n) is 9.90. The van der Waals surface area contributed by atoms with Crippen molar-refractivity contribution in [3.05, 3.63) is 100 Å². The number of benzene rings is 3. The highest BCUT2D eigenvalue weighted by Gasteiger charge is 2.21. The average molecular weight is 416 g/mol. The average Bonchev–Trinajstić information content (AvgIpc) is 2.67. The molecule has 3 aromatic carbocycles. The molecular weight excluding hydrogens is 390 g/mol. The summed E-state index contributed by atoms with van der Waals surface area (Å²) in [5.41, 5.74) is 8.93. The Morgan fingerprint density at radius 2 is 1.37 bits per heavy atom. The maximum atomic E-state index is 10.5. The van der Waals surface area contributed by atoms with Gasteiger partial charge in [-0.25, -0.2) is 0 Å². The Labute approximate surface area is 182 Å². The summed E-state index contributed by atoms with van der Waals surface area (Å²) in [4.78, 5) is 1.11. The highest BCUT2D eigenvalue weighted by molar-refractivity contribution is 8.09. The van der Waals surface area contributed by atoms with Crippen LogP contribution < -0.4 is 4.31 Å². The lowest BCUT2D eigenvalue weighted by atomic mass is 9.97. The summed E-state index contributed by atoms with van der Waals surface area (Å²) >= 11 is 1.56. The third-order valence-corrected chi connectivity index (χ3v) is 6.31. The van der Waals surface area contributed by atoms with E-state index in [1.807, 2.05) is 10.5 Å². The normalized spacial score (nSPS) is 13.8. The highest BCUT2D eigenvalue weighted by Crippen LogP contribution is 2.45. The van der Waals surface area contributed by atoms with E-state index in [9.17, 15) is 10.2 Å². The topological polar surface area (TPSA) is 43.7 Å². The van der Waals surface area contributed by atoms with Gasteiger partial charge < -0.3 is 10.2 Å². The van der Waals surface area contributed by atoms with E-state index in [-0.39, 0.29) is 11.5 Å². The molecule has 0 bridgehead atoms. The lowest BCUT2D eigenvalue weighted by Gasteiger charge is -2.28. The molecule has 0 saturated heterocycles. The first kappa shape index (κ1) is 20.2. The van der Waals surface area contributed by atoms with E-state index in [4.69, 9.17) is 0 Å². The van der Waals surface area contributed by atoms with Gasteiger partial charge in [0.25, 0.3) is 0 Å². The van der Waals surface area contributed by atoms with Gasteiger partial charge in [-0.3, -0.25) is 4.31 Å². The predicted molar refractivity (Wildman–Crippen MR) is 128 cm³/mol. The number of rotatable bonds is 3. The van der Waals surface area contributed by atoms with E-state index in [2.05, 4.69) is 70.2 Å². The summed E-state index contributed by atoms with van der Waals surface area (Å²) in [7, 11) is 0. The predicted octanol–water partition coefficient (Wildman–Crippen LogP) is 6.88. The Morgan fingerprint density at radius 3 is 1.97 bits per heavy atom. The van der Waals surface area contributed by atoms with Gasteiger partial charge in [0.1, 0.15) is 11.5 Å². The standard InChI is InChI=1S/C26H25NO2S/c1-16-5-8-22(18(3)11-16)20-13-26(23-9-6-17(2)12-19(23)4)30-27(15-20)24-10-7-21(28)14-25(24)29/h5-15,28-29H,1-4H3. The van der Waals surface area contributed by atoms with Gasteiger partial charge >= 0.3 is 0 Å². The summed E-state index contributed by atoms with van der Waals surface area (Å²) in [6.45, 7) is 8.44. The Hall–Kier alpha value is -3.11. The zero-order chi connectivity index (χ0) is 21.4. The molecule has 0 radical (unpaired) electrons. The number of phenolic OH excluding ortho intramolecular Hbond substituents is 2. The minimum atomic E-state index is 0.0422. The number of hydrogen-bond acceptors (Lipinski definition) is 4. The molecule has 0 fully saturated rings. The van der Waals surface area contributed by atoms with Crippen LogP contribution in [0.1, 0.15) is 33.4 Å². The molecular formula is C26H25NO2S. The molecule has 0 atom stereocenters. The van der Waals surface area contributed by atoms with E-state index in [0.29, 0.717) is 5.69 Å². The monoisotopic (exact) mass is 415 g/mol. The van der Waals surface area contributed by atoms with Gasteiger partial charge in [-0.2, -0.15) is 0 Å². The summed E-state index contributed by atoms with van der Waals surface area (Å²) < 4.78 is 1.97. The Balaban J connectivity index is 1.87. The molecule has 3 aromatic rings. The number of allylic oxidation sites excluding steroid dienone is 2. The van der Waals surface area contributed by atoms with E-state index >= 15 is 0 Å². The first-order chi connectivity index (χ1) is 14.3. The molecule has 152 valence electrons. The molecule has 3 nitrogen and oxygen atoms in total. The molecule has 0 spiro atoms. The van der Waals surface area contributed by atoms with Crippen LogP contribution in [0.2, 0.25) is 0 Å². The van der Waals surface area contributed by atoms with Crippen molar-refractivity contribution >= 4 is 28.1 Å². The van der Waals surface area contributed by atoms with Crippen LogP contribution >= 0.6 is 11.9 Å². The minimum Gasteiger partial charge on any atom is -0.508 e. The SMILES string of the molecule is Cc1ccc(C2=CN(c3ccc(O)cc3O)SC(c3ccc(C)cc3C)=C2)c(C)c1. The number of anilines is 1. The van der Waals surface area contributed by atoms with Crippen LogP contribution in [0.25, 0.3) is 10.5 Å². The maximum Gasteiger partial charge on any atom is 0.143 e. The number of aryl methyl sites for hydroxylation is 4. The van der Waals surface area contributed by atoms with E-state index < -0.39 is 0 Å². The first-order valence-corrected chi connectivity index (χ1v) is 10.7. The van der Waals surface area contributed by atoms with Crippen LogP contribution in [0.4, 0.5) is 5.69 Å². The molecule has 0 unspecified atom stereocenters. The van der Waals surface area contributed by atoms with Crippen molar-refractivity contribution in [2.24, 2.45) is 0 Å². The van der Waals surface area contributed by atoms with Crippen LogP contribution in [0.3, 0.4) is 0 Å².